The Hall–Kier alpha value is -2.33. The van der Waals surface area contributed by atoms with Crippen molar-refractivity contribution >= 4 is 5.91 Å². The van der Waals surface area contributed by atoms with E-state index in [1.807, 2.05) is 24.3 Å². The maximum atomic E-state index is 12.1. The minimum absolute atomic E-state index is 0.164. The number of carbonyl (C=O) groups is 1. The number of amides is 1. The van der Waals surface area contributed by atoms with Gasteiger partial charge in [-0.15, -0.1) is 0 Å². The molecule has 1 amide bonds. The maximum Gasteiger partial charge on any atom is 0.251 e. The van der Waals surface area contributed by atoms with Crippen molar-refractivity contribution in [1.82, 2.24) is 5.32 Å². The molecule has 2 rings (SSSR count). The monoisotopic (exact) mass is 313 g/mol. The van der Waals surface area contributed by atoms with Gasteiger partial charge in [0.1, 0.15) is 5.75 Å². The average molecular weight is 313 g/mol. The van der Waals surface area contributed by atoms with E-state index < -0.39 is 6.10 Å². The molecule has 1 unspecified atom stereocenters. The van der Waals surface area contributed by atoms with Gasteiger partial charge in [-0.3, -0.25) is 4.79 Å². The lowest BCUT2D eigenvalue weighted by Crippen LogP contribution is -2.28. The Balaban J connectivity index is 1.95. The number of methoxy groups -OCH3 is 1. The lowest BCUT2D eigenvalue weighted by atomic mass is 10.00. The summed E-state index contributed by atoms with van der Waals surface area (Å²) in [4.78, 5) is 12.1. The van der Waals surface area contributed by atoms with Crippen molar-refractivity contribution in [1.29, 1.82) is 0 Å². The van der Waals surface area contributed by atoms with E-state index in [4.69, 9.17) is 4.74 Å². The molecule has 4 heteroatoms. The summed E-state index contributed by atoms with van der Waals surface area (Å²) in [5.74, 6) is 0.846. The number of carbonyl (C=O) groups excluding carboxylic acids is 1. The van der Waals surface area contributed by atoms with E-state index in [-0.39, 0.29) is 12.5 Å². The number of ether oxygens (including phenoxy) is 1. The molecule has 0 spiro atoms. The molecule has 0 aromatic heterocycles. The molecule has 2 aromatic rings. The van der Waals surface area contributed by atoms with Crippen LogP contribution in [0.1, 0.15) is 47.4 Å². The quantitative estimate of drug-likeness (QED) is 0.860. The van der Waals surface area contributed by atoms with Gasteiger partial charge in [-0.25, -0.2) is 0 Å². The third kappa shape index (κ3) is 4.57. The molecule has 0 aliphatic carbocycles. The number of nitrogens with one attached hydrogen (secondary N) is 1. The minimum atomic E-state index is -0.731. The topological polar surface area (TPSA) is 58.6 Å². The molecule has 0 bridgehead atoms. The van der Waals surface area contributed by atoms with E-state index in [1.165, 1.54) is 5.56 Å². The Morgan fingerprint density at radius 2 is 1.78 bits per heavy atom. The molecule has 4 nitrogen and oxygen atoms in total. The molecule has 2 N–H and O–H groups in total. The summed E-state index contributed by atoms with van der Waals surface area (Å²) in [6, 6.07) is 14.7. The molecule has 0 saturated heterocycles. The highest BCUT2D eigenvalue weighted by Gasteiger charge is 2.12. The van der Waals surface area contributed by atoms with Gasteiger partial charge >= 0.3 is 0 Å². The first-order valence-corrected chi connectivity index (χ1v) is 7.71. The number of rotatable bonds is 6. The standard InChI is InChI=1S/C19H23NO3/c1-13(2)14-7-9-15(10-8-14)18(21)12-20-19(22)16-5-4-6-17(11-16)23-3/h4-11,13,18,21H,12H2,1-3H3,(H,20,22). The third-order valence-electron chi connectivity index (χ3n) is 3.78. The summed E-state index contributed by atoms with van der Waals surface area (Å²) >= 11 is 0. The lowest BCUT2D eigenvalue weighted by Gasteiger charge is -2.14. The van der Waals surface area contributed by atoms with Crippen molar-refractivity contribution in [2.24, 2.45) is 0 Å². The van der Waals surface area contributed by atoms with Crippen LogP contribution in [0.3, 0.4) is 0 Å². The van der Waals surface area contributed by atoms with Crippen molar-refractivity contribution < 1.29 is 14.6 Å². The summed E-state index contributed by atoms with van der Waals surface area (Å²) < 4.78 is 5.10. The van der Waals surface area contributed by atoms with E-state index in [0.717, 1.165) is 5.56 Å². The summed E-state index contributed by atoms with van der Waals surface area (Å²) in [6.45, 7) is 4.41. The Morgan fingerprint density at radius 1 is 1.13 bits per heavy atom. The first-order valence-electron chi connectivity index (χ1n) is 7.71. The largest absolute Gasteiger partial charge is 0.497 e. The van der Waals surface area contributed by atoms with Crippen LogP contribution in [0, 0.1) is 0 Å². The Labute approximate surface area is 137 Å². The predicted octanol–water partition coefficient (Wildman–Crippen LogP) is 3.28. The predicted molar refractivity (Wildman–Crippen MR) is 90.8 cm³/mol. The smallest absolute Gasteiger partial charge is 0.251 e. The average Bonchev–Trinajstić information content (AvgIpc) is 2.59. The number of benzene rings is 2. The van der Waals surface area contributed by atoms with Crippen LogP contribution in [0.25, 0.3) is 0 Å². The second kappa shape index (κ2) is 7.79. The normalized spacial score (nSPS) is 12.0. The fourth-order valence-electron chi connectivity index (χ4n) is 2.28. The maximum absolute atomic E-state index is 12.1. The second-order valence-corrected chi connectivity index (χ2v) is 5.78. The van der Waals surface area contributed by atoms with Crippen LogP contribution < -0.4 is 10.1 Å². The zero-order valence-corrected chi connectivity index (χ0v) is 13.7. The Bertz CT molecular complexity index is 650. The van der Waals surface area contributed by atoms with Gasteiger partial charge in [-0.05, 0) is 35.2 Å². The van der Waals surface area contributed by atoms with Crippen LogP contribution in [-0.4, -0.2) is 24.7 Å². The molecular formula is C19H23NO3. The minimum Gasteiger partial charge on any atom is -0.497 e. The van der Waals surface area contributed by atoms with E-state index >= 15 is 0 Å². The van der Waals surface area contributed by atoms with Crippen LogP contribution >= 0.6 is 0 Å². The molecule has 0 aliphatic rings. The number of hydrogen-bond donors (Lipinski definition) is 2. The summed E-state index contributed by atoms with van der Waals surface area (Å²) in [7, 11) is 1.56. The van der Waals surface area contributed by atoms with Gasteiger partial charge in [-0.1, -0.05) is 44.2 Å². The highest BCUT2D eigenvalue weighted by atomic mass is 16.5. The van der Waals surface area contributed by atoms with E-state index in [0.29, 0.717) is 17.2 Å². The summed E-state index contributed by atoms with van der Waals surface area (Å²) in [5.41, 5.74) is 2.52. The molecule has 0 saturated carbocycles. The van der Waals surface area contributed by atoms with Crippen LogP contribution in [-0.2, 0) is 0 Å². The van der Waals surface area contributed by atoms with Gasteiger partial charge < -0.3 is 15.2 Å². The molecule has 0 fully saturated rings. The van der Waals surface area contributed by atoms with Crippen molar-refractivity contribution in [3.05, 3.63) is 65.2 Å². The molecule has 122 valence electrons. The Morgan fingerprint density at radius 3 is 2.39 bits per heavy atom. The van der Waals surface area contributed by atoms with Gasteiger partial charge in [0, 0.05) is 12.1 Å². The van der Waals surface area contributed by atoms with Crippen molar-refractivity contribution in [3.63, 3.8) is 0 Å². The summed E-state index contributed by atoms with van der Waals surface area (Å²) in [6.07, 6.45) is -0.731. The number of hydrogen-bond acceptors (Lipinski definition) is 3. The van der Waals surface area contributed by atoms with Gasteiger partial charge in [0.15, 0.2) is 0 Å². The fourth-order valence-corrected chi connectivity index (χ4v) is 2.28. The molecule has 1 atom stereocenters. The van der Waals surface area contributed by atoms with E-state index in [2.05, 4.69) is 19.2 Å². The van der Waals surface area contributed by atoms with Gasteiger partial charge in [-0.2, -0.15) is 0 Å². The number of aliphatic hydroxyl groups is 1. The van der Waals surface area contributed by atoms with Crippen LogP contribution in [0.5, 0.6) is 5.75 Å². The Kier molecular flexibility index (Phi) is 5.77. The van der Waals surface area contributed by atoms with Crippen molar-refractivity contribution in [3.8, 4) is 5.75 Å². The van der Waals surface area contributed by atoms with Crippen LogP contribution in [0.2, 0.25) is 0 Å². The molecule has 2 aromatic carbocycles. The highest BCUT2D eigenvalue weighted by Crippen LogP contribution is 2.18. The van der Waals surface area contributed by atoms with Crippen molar-refractivity contribution in [2.75, 3.05) is 13.7 Å². The zero-order valence-electron chi connectivity index (χ0n) is 13.7. The summed E-state index contributed by atoms with van der Waals surface area (Å²) in [5, 5.41) is 12.9. The van der Waals surface area contributed by atoms with Crippen LogP contribution in [0.4, 0.5) is 0 Å². The number of aliphatic hydroxyl groups excluding tert-OH is 1. The van der Waals surface area contributed by atoms with Gasteiger partial charge in [0.2, 0.25) is 0 Å². The highest BCUT2D eigenvalue weighted by molar-refractivity contribution is 5.94. The first-order chi connectivity index (χ1) is 11.0. The lowest BCUT2D eigenvalue weighted by molar-refractivity contribution is 0.0916. The first kappa shape index (κ1) is 17.0. The SMILES string of the molecule is COc1cccc(C(=O)NCC(O)c2ccc(C(C)C)cc2)c1. The van der Waals surface area contributed by atoms with E-state index in [1.54, 1.807) is 31.4 Å². The fraction of sp³-hybridized carbons (Fsp3) is 0.316. The van der Waals surface area contributed by atoms with E-state index in [9.17, 15) is 9.90 Å². The second-order valence-electron chi connectivity index (χ2n) is 5.78. The molecule has 0 aliphatic heterocycles. The van der Waals surface area contributed by atoms with Crippen molar-refractivity contribution in [2.45, 2.75) is 25.9 Å². The molecular weight excluding hydrogens is 290 g/mol. The van der Waals surface area contributed by atoms with Gasteiger partial charge in [0.25, 0.3) is 5.91 Å². The zero-order chi connectivity index (χ0) is 16.8. The third-order valence-corrected chi connectivity index (χ3v) is 3.78. The molecule has 23 heavy (non-hydrogen) atoms. The van der Waals surface area contributed by atoms with Crippen LogP contribution in [0.15, 0.2) is 48.5 Å². The molecule has 0 heterocycles. The molecule has 0 radical (unpaired) electrons. The van der Waals surface area contributed by atoms with Gasteiger partial charge in [0.05, 0.1) is 13.2 Å².